The summed E-state index contributed by atoms with van der Waals surface area (Å²) < 4.78 is 202. The fraction of sp³-hybridized carbons (Fsp3) is 0.149. The topological polar surface area (TPSA) is 260 Å². The maximum absolute atomic E-state index is 13.1. The van der Waals surface area contributed by atoms with Crippen LogP contribution in [0.15, 0.2) is 170 Å². The van der Waals surface area contributed by atoms with Gasteiger partial charge in [-0.2, -0.15) is 49.8 Å². The Hall–Kier alpha value is -8.16. The number of aromatic nitrogens is 2. The van der Waals surface area contributed by atoms with Crippen molar-refractivity contribution in [2.24, 2.45) is 10.9 Å². The molecule has 28 heteroatoms. The smallest absolute Gasteiger partial charge is 0.409 e. The van der Waals surface area contributed by atoms with Gasteiger partial charge in [0.25, 0.3) is 30.1 Å². The van der Waals surface area contributed by atoms with Crippen LogP contribution in [0.1, 0.15) is 53.5 Å². The number of nitriles is 1. The Morgan fingerprint density at radius 2 is 1.03 bits per heavy atom. The molecule has 75 heavy (non-hydrogen) atoms. The average Bonchev–Trinajstić information content (AvgIpc) is 3.84. The molecule has 0 fully saturated rings. The van der Waals surface area contributed by atoms with Gasteiger partial charge < -0.3 is 15.5 Å². The van der Waals surface area contributed by atoms with Gasteiger partial charge in [0.2, 0.25) is 11.7 Å². The van der Waals surface area contributed by atoms with Crippen molar-refractivity contribution in [3.8, 4) is 17.5 Å². The molecule has 6 N–H and O–H groups in total. The van der Waals surface area contributed by atoms with Crippen molar-refractivity contribution in [2.75, 3.05) is 14.2 Å². The summed E-state index contributed by atoms with van der Waals surface area (Å²) in [5.41, 5.74) is 0.958. The van der Waals surface area contributed by atoms with Gasteiger partial charge in [-0.15, -0.1) is 0 Å². The van der Waals surface area contributed by atoms with E-state index in [2.05, 4.69) is 15.3 Å². The molecular weight excluding hydrogens is 1070 g/mol. The van der Waals surface area contributed by atoms with Crippen LogP contribution >= 0.6 is 0 Å². The van der Waals surface area contributed by atoms with Crippen molar-refractivity contribution in [3.05, 3.63) is 179 Å². The second kappa shape index (κ2) is 23.8. The largest absolute Gasteiger partial charge is 0.418 e. The molecule has 0 amide bonds. The van der Waals surface area contributed by atoms with Crippen molar-refractivity contribution < 1.29 is 74.5 Å². The third kappa shape index (κ3) is 15.7. The standard InChI is InChI=1S/C19H18F3N3O3S.C14H12F3N3O3S.C14H9F3N2O2S/c1-2-3-11-17-23-18(24-28-17)13-7-6-8-14(12-13)29(26,27)25-16-10-5-4-9-15(16)19(20,21)22;15-14(16,17)11-6-1-2-7-12(11)20-24(22,23)10-5-3-4-9(8-10)13(18)19-21;15-14(16,17)12-6-1-2-7-13(12)19-22(20,21)11-5-3-4-10(8-11)9-18/h4-10,12,25H,2-3,11H2,1H3;1-8,20-21H,(H2,18,19);1-8,19H. The van der Waals surface area contributed by atoms with Gasteiger partial charge in [-0.25, -0.2) is 25.3 Å². The molecule has 0 spiro atoms. The number of sulfonamides is 3. The second-order valence-corrected chi connectivity index (χ2v) is 20.3. The number of oxime groups is 1. The van der Waals surface area contributed by atoms with E-state index in [-0.39, 0.29) is 37.5 Å². The predicted molar refractivity (Wildman–Crippen MR) is 255 cm³/mol. The first kappa shape index (κ1) is 57.7. The van der Waals surface area contributed by atoms with E-state index in [1.165, 1.54) is 78.9 Å². The molecule has 1 aromatic heterocycles. The lowest BCUT2D eigenvalue weighted by molar-refractivity contribution is -0.137. The molecule has 0 saturated carbocycles. The first-order valence-corrected chi connectivity index (χ1v) is 25.6. The first-order valence-electron chi connectivity index (χ1n) is 21.2. The van der Waals surface area contributed by atoms with E-state index in [0.717, 1.165) is 73.5 Å². The molecule has 0 unspecified atom stereocenters. The van der Waals surface area contributed by atoms with Crippen molar-refractivity contribution in [1.82, 2.24) is 10.1 Å². The van der Waals surface area contributed by atoms with E-state index in [1.54, 1.807) is 12.1 Å². The fourth-order valence-electron chi connectivity index (χ4n) is 6.29. The SMILES string of the molecule is CCCCc1nc(-c2cccc(S(=O)(=O)Nc3ccccc3C(F)(F)F)c2)no1.N#Cc1cccc(S(=O)(=O)Nc2ccccc2C(F)(F)F)c1.N/C(=N\O)c1cccc(S(=O)(=O)Nc2ccccc2C(F)(F)F)c1. The lowest BCUT2D eigenvalue weighted by Gasteiger charge is -2.15. The average molecular weight is 1110 g/mol. The van der Waals surface area contributed by atoms with Gasteiger partial charge in [0.05, 0.1) is 60.1 Å². The number of nitrogens with one attached hydrogen (secondary N) is 3. The van der Waals surface area contributed by atoms with Gasteiger partial charge in [0, 0.05) is 17.5 Å². The molecule has 0 aliphatic heterocycles. The summed E-state index contributed by atoms with van der Waals surface area (Å²) in [5, 5.41) is 24.0. The van der Waals surface area contributed by atoms with E-state index in [4.69, 9.17) is 20.7 Å². The molecule has 0 saturated heterocycles. The lowest BCUT2D eigenvalue weighted by Crippen LogP contribution is -2.18. The number of nitrogens with zero attached hydrogens (tertiary/aromatic N) is 4. The number of unbranched alkanes of at least 4 members (excludes halogenated alkanes) is 1. The second-order valence-electron chi connectivity index (χ2n) is 15.2. The zero-order valence-corrected chi connectivity index (χ0v) is 40.7. The zero-order chi connectivity index (χ0) is 55.4. The number of hydrogen-bond donors (Lipinski definition) is 5. The Labute approximate surface area is 422 Å². The van der Waals surface area contributed by atoms with Gasteiger partial charge in [0.1, 0.15) is 0 Å². The molecule has 0 aliphatic carbocycles. The molecule has 7 aromatic rings. The zero-order valence-electron chi connectivity index (χ0n) is 38.3. The van der Waals surface area contributed by atoms with E-state index >= 15 is 0 Å². The highest BCUT2D eigenvalue weighted by Crippen LogP contribution is 2.38. The van der Waals surface area contributed by atoms with Crippen LogP contribution < -0.4 is 19.9 Å². The van der Waals surface area contributed by atoms with Crippen molar-refractivity contribution in [2.45, 2.75) is 59.4 Å². The number of alkyl halides is 9. The molecule has 16 nitrogen and oxygen atoms in total. The Bertz CT molecular complexity index is 3550. The number of hydrogen-bond acceptors (Lipinski definition) is 12. The highest BCUT2D eigenvalue weighted by molar-refractivity contribution is 7.93. The minimum atomic E-state index is -4.71. The van der Waals surface area contributed by atoms with Crippen LogP contribution in [0, 0.1) is 11.3 Å². The summed E-state index contributed by atoms with van der Waals surface area (Å²) in [4.78, 5) is 3.40. The minimum absolute atomic E-state index is 0.0898. The van der Waals surface area contributed by atoms with Crippen LogP contribution in [-0.4, -0.2) is 46.4 Å². The van der Waals surface area contributed by atoms with Gasteiger partial charge >= 0.3 is 18.5 Å². The van der Waals surface area contributed by atoms with Crippen LogP contribution in [0.4, 0.5) is 56.6 Å². The Morgan fingerprint density at radius 3 is 1.45 bits per heavy atom. The maximum Gasteiger partial charge on any atom is 0.418 e. The third-order valence-electron chi connectivity index (χ3n) is 9.87. The number of rotatable bonds is 14. The monoisotopic (exact) mass is 1110 g/mol. The Morgan fingerprint density at radius 1 is 0.613 bits per heavy atom. The first-order chi connectivity index (χ1) is 35.1. The molecule has 0 aliphatic rings. The molecule has 6 aromatic carbocycles. The third-order valence-corrected chi connectivity index (χ3v) is 14.0. The molecular formula is C47H39F9N8O8S3. The number of benzene rings is 6. The van der Waals surface area contributed by atoms with Crippen LogP contribution in [0.2, 0.25) is 0 Å². The summed E-state index contributed by atoms with van der Waals surface area (Å²) in [7, 11) is -12.8. The normalized spacial score (nSPS) is 12.3. The van der Waals surface area contributed by atoms with Crippen molar-refractivity contribution in [1.29, 1.82) is 5.26 Å². The van der Waals surface area contributed by atoms with Crippen molar-refractivity contribution in [3.63, 3.8) is 0 Å². The number of amidine groups is 1. The van der Waals surface area contributed by atoms with Crippen LogP contribution in [0.5, 0.6) is 0 Å². The van der Waals surface area contributed by atoms with E-state index in [0.29, 0.717) is 17.9 Å². The predicted octanol–water partition coefficient (Wildman–Crippen LogP) is 10.9. The molecule has 0 bridgehead atoms. The fourth-order valence-corrected chi connectivity index (χ4v) is 9.66. The molecule has 1 heterocycles. The summed E-state index contributed by atoms with van der Waals surface area (Å²) in [6.45, 7) is 2.02. The quantitative estimate of drug-likeness (QED) is 0.0224. The summed E-state index contributed by atoms with van der Waals surface area (Å²) in [6, 6.07) is 30.2. The number of aryl methyl sites for hydroxylation is 1. The van der Waals surface area contributed by atoms with Gasteiger partial charge in [-0.1, -0.05) is 90.4 Å². The Kier molecular flexibility index (Phi) is 18.3. The van der Waals surface area contributed by atoms with E-state index < -0.39 is 82.4 Å². The molecule has 0 radical (unpaired) electrons. The summed E-state index contributed by atoms with van der Waals surface area (Å²) in [5.74, 6) is 0.318. The van der Waals surface area contributed by atoms with E-state index in [1.807, 2.05) is 21.1 Å². The lowest BCUT2D eigenvalue weighted by atomic mass is 10.2. The highest BCUT2D eigenvalue weighted by Gasteiger charge is 2.36. The minimum Gasteiger partial charge on any atom is -0.409 e. The highest BCUT2D eigenvalue weighted by atomic mass is 32.2. The molecule has 0 atom stereocenters. The molecule has 7 rings (SSSR count). The van der Waals surface area contributed by atoms with Crippen LogP contribution in [0.3, 0.4) is 0 Å². The summed E-state index contributed by atoms with van der Waals surface area (Å²) in [6.07, 6.45) is -11.7. The maximum atomic E-state index is 13.1. The van der Waals surface area contributed by atoms with Gasteiger partial charge in [-0.3, -0.25) is 14.2 Å². The van der Waals surface area contributed by atoms with E-state index in [9.17, 15) is 64.8 Å². The summed E-state index contributed by atoms with van der Waals surface area (Å²) >= 11 is 0. The van der Waals surface area contributed by atoms with Crippen LogP contribution in [0.25, 0.3) is 11.4 Å². The number of anilines is 3. The van der Waals surface area contributed by atoms with Crippen molar-refractivity contribution >= 4 is 53.0 Å². The number of halogens is 9. The number of nitrogens with two attached hydrogens (primary N) is 1. The van der Waals surface area contributed by atoms with Gasteiger partial charge in [-0.05, 0) is 85.3 Å². The van der Waals surface area contributed by atoms with Gasteiger partial charge in [0.15, 0.2) is 5.84 Å². The Balaban J connectivity index is 0.000000210. The molecule has 396 valence electrons. The number of para-hydroxylation sites is 3. The van der Waals surface area contributed by atoms with Crippen LogP contribution in [-0.2, 0) is 55.0 Å².